The first-order valence-electron chi connectivity index (χ1n) is 6.72. The van der Waals surface area contributed by atoms with Crippen LogP contribution in [0.2, 0.25) is 0 Å². The molecule has 1 aromatic rings. The number of rotatable bonds is 6. The number of hydrogen-bond donors (Lipinski definition) is 2. The van der Waals surface area contributed by atoms with E-state index in [-0.39, 0.29) is 37.0 Å². The molecule has 1 aliphatic heterocycles. The minimum Gasteiger partial charge on any atom is -0.492 e. The maximum absolute atomic E-state index is 11.5. The van der Waals surface area contributed by atoms with Gasteiger partial charge >= 0.3 is 5.97 Å². The van der Waals surface area contributed by atoms with Gasteiger partial charge in [-0.3, -0.25) is 4.79 Å². The normalized spacial score (nSPS) is 15.6. The molecular formula is C14H15NO6. The van der Waals surface area contributed by atoms with E-state index in [9.17, 15) is 14.7 Å². The number of amides is 1. The van der Waals surface area contributed by atoms with Gasteiger partial charge in [-0.25, -0.2) is 4.79 Å². The summed E-state index contributed by atoms with van der Waals surface area (Å²) in [6.07, 6.45) is 2.24. The molecule has 0 saturated heterocycles. The van der Waals surface area contributed by atoms with Gasteiger partial charge in [0, 0.05) is 18.2 Å². The fraction of sp³-hybridized carbons (Fsp3) is 0.429. The van der Waals surface area contributed by atoms with Gasteiger partial charge in [-0.05, 0) is 12.8 Å². The van der Waals surface area contributed by atoms with E-state index < -0.39 is 5.97 Å². The predicted octanol–water partition coefficient (Wildman–Crippen LogP) is 1.16. The van der Waals surface area contributed by atoms with Crippen LogP contribution in [0, 0.1) is 0 Å². The van der Waals surface area contributed by atoms with Crippen molar-refractivity contribution in [3.8, 4) is 17.2 Å². The van der Waals surface area contributed by atoms with Crippen molar-refractivity contribution in [1.29, 1.82) is 0 Å². The molecule has 112 valence electrons. The highest BCUT2D eigenvalue weighted by Gasteiger charge is 2.24. The van der Waals surface area contributed by atoms with E-state index in [4.69, 9.17) is 14.2 Å². The second-order valence-corrected chi connectivity index (χ2v) is 4.95. The topological polar surface area (TPSA) is 94.1 Å². The SMILES string of the molecule is O=C(CCOc1cc2c(cc1C(=O)O)OCO2)NC1CC1. The van der Waals surface area contributed by atoms with Gasteiger partial charge in [0.15, 0.2) is 11.5 Å². The van der Waals surface area contributed by atoms with Crippen molar-refractivity contribution < 1.29 is 28.9 Å². The summed E-state index contributed by atoms with van der Waals surface area (Å²) in [5, 5.41) is 12.0. The molecule has 21 heavy (non-hydrogen) atoms. The molecular weight excluding hydrogens is 278 g/mol. The fourth-order valence-electron chi connectivity index (χ4n) is 1.99. The summed E-state index contributed by atoms with van der Waals surface area (Å²) < 4.78 is 15.7. The first kappa shape index (κ1) is 13.5. The van der Waals surface area contributed by atoms with Crippen LogP contribution in [0.25, 0.3) is 0 Å². The van der Waals surface area contributed by atoms with Crippen LogP contribution in [-0.2, 0) is 4.79 Å². The number of aromatic carboxylic acids is 1. The molecule has 0 aromatic heterocycles. The molecule has 7 heteroatoms. The third kappa shape index (κ3) is 3.18. The summed E-state index contributed by atoms with van der Waals surface area (Å²) in [6, 6.07) is 3.15. The number of carbonyl (C=O) groups excluding carboxylic acids is 1. The van der Waals surface area contributed by atoms with Gasteiger partial charge in [0.25, 0.3) is 0 Å². The van der Waals surface area contributed by atoms with Crippen molar-refractivity contribution in [2.75, 3.05) is 13.4 Å². The van der Waals surface area contributed by atoms with E-state index in [1.54, 1.807) is 0 Å². The van der Waals surface area contributed by atoms with Crippen LogP contribution in [0.1, 0.15) is 29.6 Å². The summed E-state index contributed by atoms with van der Waals surface area (Å²) in [6.45, 7) is 0.167. The molecule has 0 radical (unpaired) electrons. The zero-order valence-corrected chi connectivity index (χ0v) is 11.3. The predicted molar refractivity (Wildman–Crippen MR) is 70.8 cm³/mol. The second kappa shape index (κ2) is 5.51. The molecule has 1 saturated carbocycles. The monoisotopic (exact) mass is 293 g/mol. The quantitative estimate of drug-likeness (QED) is 0.817. The summed E-state index contributed by atoms with van der Waals surface area (Å²) in [4.78, 5) is 22.8. The van der Waals surface area contributed by atoms with Gasteiger partial charge in [-0.15, -0.1) is 0 Å². The zero-order chi connectivity index (χ0) is 14.8. The highest BCUT2D eigenvalue weighted by molar-refractivity contribution is 5.92. The Balaban J connectivity index is 1.63. The van der Waals surface area contributed by atoms with E-state index in [2.05, 4.69) is 5.32 Å². The van der Waals surface area contributed by atoms with Crippen LogP contribution in [-0.4, -0.2) is 36.4 Å². The molecule has 1 amide bonds. The van der Waals surface area contributed by atoms with Crippen LogP contribution < -0.4 is 19.5 Å². The molecule has 0 unspecified atom stereocenters. The van der Waals surface area contributed by atoms with E-state index >= 15 is 0 Å². The van der Waals surface area contributed by atoms with Gasteiger partial charge < -0.3 is 24.6 Å². The standard InChI is InChI=1S/C14H15NO6/c16-13(15-8-1-2-8)3-4-19-10-6-12-11(20-7-21-12)5-9(10)14(17)18/h5-6,8H,1-4,7H2,(H,15,16)(H,17,18). The first-order valence-corrected chi connectivity index (χ1v) is 6.72. The van der Waals surface area contributed by atoms with E-state index in [1.165, 1.54) is 12.1 Å². The Bertz CT molecular complexity index is 581. The molecule has 2 aliphatic rings. The Hall–Kier alpha value is -2.44. The van der Waals surface area contributed by atoms with Gasteiger partial charge in [0.05, 0.1) is 13.0 Å². The Morgan fingerprint density at radius 1 is 1.29 bits per heavy atom. The van der Waals surface area contributed by atoms with Crippen LogP contribution in [0.4, 0.5) is 0 Å². The van der Waals surface area contributed by atoms with Crippen molar-refractivity contribution in [2.45, 2.75) is 25.3 Å². The Morgan fingerprint density at radius 3 is 2.67 bits per heavy atom. The lowest BCUT2D eigenvalue weighted by molar-refractivity contribution is -0.121. The van der Waals surface area contributed by atoms with Gasteiger partial charge in [-0.2, -0.15) is 0 Å². The summed E-state index contributed by atoms with van der Waals surface area (Å²) >= 11 is 0. The van der Waals surface area contributed by atoms with Crippen molar-refractivity contribution in [1.82, 2.24) is 5.32 Å². The molecule has 1 heterocycles. The number of carboxylic acids is 1. The molecule has 3 rings (SSSR count). The van der Waals surface area contributed by atoms with Crippen molar-refractivity contribution >= 4 is 11.9 Å². The average molecular weight is 293 g/mol. The molecule has 0 atom stereocenters. The van der Waals surface area contributed by atoms with Crippen LogP contribution in [0.15, 0.2) is 12.1 Å². The average Bonchev–Trinajstić information content (AvgIpc) is 3.13. The van der Waals surface area contributed by atoms with Crippen LogP contribution >= 0.6 is 0 Å². The lowest BCUT2D eigenvalue weighted by atomic mass is 10.2. The minimum atomic E-state index is -1.12. The largest absolute Gasteiger partial charge is 0.492 e. The third-order valence-corrected chi connectivity index (χ3v) is 3.23. The molecule has 1 aromatic carbocycles. The molecule has 0 spiro atoms. The molecule has 7 nitrogen and oxygen atoms in total. The fourth-order valence-corrected chi connectivity index (χ4v) is 1.99. The molecule has 2 N–H and O–H groups in total. The summed E-state index contributed by atoms with van der Waals surface area (Å²) in [7, 11) is 0. The van der Waals surface area contributed by atoms with Crippen LogP contribution in [0.5, 0.6) is 17.2 Å². The summed E-state index contributed by atoms with van der Waals surface area (Å²) in [5.41, 5.74) is -0.0122. The Labute approximate surface area is 120 Å². The Morgan fingerprint density at radius 2 is 2.00 bits per heavy atom. The van der Waals surface area contributed by atoms with Crippen molar-refractivity contribution in [3.05, 3.63) is 17.7 Å². The van der Waals surface area contributed by atoms with Crippen molar-refractivity contribution in [2.24, 2.45) is 0 Å². The minimum absolute atomic E-state index is 0.0122. The van der Waals surface area contributed by atoms with Gasteiger partial charge in [0.1, 0.15) is 11.3 Å². The van der Waals surface area contributed by atoms with Gasteiger partial charge in [0.2, 0.25) is 12.7 Å². The van der Waals surface area contributed by atoms with Crippen LogP contribution in [0.3, 0.4) is 0 Å². The molecule has 1 aliphatic carbocycles. The number of benzene rings is 1. The number of nitrogens with one attached hydrogen (secondary N) is 1. The maximum atomic E-state index is 11.5. The van der Waals surface area contributed by atoms with E-state index in [0.29, 0.717) is 17.5 Å². The first-order chi connectivity index (χ1) is 10.1. The van der Waals surface area contributed by atoms with E-state index in [0.717, 1.165) is 12.8 Å². The van der Waals surface area contributed by atoms with Gasteiger partial charge in [-0.1, -0.05) is 0 Å². The zero-order valence-electron chi connectivity index (χ0n) is 11.3. The number of carbonyl (C=O) groups is 2. The van der Waals surface area contributed by atoms with E-state index in [1.807, 2.05) is 0 Å². The Kier molecular flexibility index (Phi) is 3.55. The summed E-state index contributed by atoms with van der Waals surface area (Å²) in [5.74, 6) is -0.213. The molecule has 1 fully saturated rings. The lowest BCUT2D eigenvalue weighted by Gasteiger charge is -2.10. The highest BCUT2D eigenvalue weighted by Crippen LogP contribution is 2.38. The highest BCUT2D eigenvalue weighted by atomic mass is 16.7. The number of carboxylic acid groups (broad SMARTS) is 1. The maximum Gasteiger partial charge on any atom is 0.339 e. The van der Waals surface area contributed by atoms with Crippen molar-refractivity contribution in [3.63, 3.8) is 0 Å². The number of hydrogen-bond acceptors (Lipinski definition) is 5. The lowest BCUT2D eigenvalue weighted by Crippen LogP contribution is -2.26. The molecule has 0 bridgehead atoms. The second-order valence-electron chi connectivity index (χ2n) is 4.95. The number of ether oxygens (including phenoxy) is 3. The third-order valence-electron chi connectivity index (χ3n) is 3.23. The number of fused-ring (bicyclic) bond motifs is 1. The smallest absolute Gasteiger partial charge is 0.339 e.